The van der Waals surface area contributed by atoms with Gasteiger partial charge in [0.2, 0.25) is 17.7 Å². The van der Waals surface area contributed by atoms with Crippen molar-refractivity contribution in [2.45, 2.75) is 20.3 Å². The molecule has 3 amide bonds. The Balaban J connectivity index is 1.81. The van der Waals surface area contributed by atoms with Gasteiger partial charge in [0.15, 0.2) is 0 Å². The molecule has 3 N–H and O–H groups in total. The van der Waals surface area contributed by atoms with Crippen molar-refractivity contribution in [1.82, 2.24) is 4.90 Å². The number of anilines is 3. The highest BCUT2D eigenvalue weighted by Crippen LogP contribution is 2.15. The van der Waals surface area contributed by atoms with E-state index >= 15 is 0 Å². The lowest BCUT2D eigenvalue weighted by Gasteiger charge is -2.17. The molecule has 0 aliphatic rings. The van der Waals surface area contributed by atoms with Gasteiger partial charge in [-0.05, 0) is 49.4 Å². The van der Waals surface area contributed by atoms with E-state index in [9.17, 15) is 14.4 Å². The second-order valence-corrected chi connectivity index (χ2v) is 6.54. The third-order valence-electron chi connectivity index (χ3n) is 3.99. The van der Waals surface area contributed by atoms with Gasteiger partial charge >= 0.3 is 0 Å². The smallest absolute Gasteiger partial charge is 0.238 e. The summed E-state index contributed by atoms with van der Waals surface area (Å²) in [5, 5.41) is 8.32. The van der Waals surface area contributed by atoms with E-state index in [1.807, 2.05) is 31.2 Å². The van der Waals surface area contributed by atoms with E-state index < -0.39 is 0 Å². The van der Waals surface area contributed by atoms with Crippen molar-refractivity contribution in [2.75, 3.05) is 36.1 Å². The van der Waals surface area contributed by atoms with Crippen LogP contribution in [0.1, 0.15) is 19.4 Å². The monoisotopic (exact) mass is 382 g/mol. The maximum atomic E-state index is 12.2. The highest BCUT2D eigenvalue weighted by atomic mass is 16.2. The summed E-state index contributed by atoms with van der Waals surface area (Å²) in [4.78, 5) is 37.1. The van der Waals surface area contributed by atoms with Gasteiger partial charge in [-0.15, -0.1) is 0 Å². The fourth-order valence-electron chi connectivity index (χ4n) is 2.73. The Morgan fingerprint density at radius 3 is 1.93 bits per heavy atom. The van der Waals surface area contributed by atoms with Crippen molar-refractivity contribution < 1.29 is 14.4 Å². The Morgan fingerprint density at radius 1 is 0.821 bits per heavy atom. The van der Waals surface area contributed by atoms with Crippen LogP contribution in [0.5, 0.6) is 0 Å². The lowest BCUT2D eigenvalue weighted by Crippen LogP contribution is -2.36. The fraction of sp³-hybridized carbons (Fsp3) is 0.286. The standard InChI is InChI=1S/C21H26N4O3/c1-4-16-7-5-6-8-19(16)24-21(28)14-25(3)13-20(27)23-18-11-9-17(10-12-18)22-15(2)26/h5-12H,4,13-14H2,1-3H3,(H,22,26)(H,23,27)(H,24,28). The number of amides is 3. The number of aryl methyl sites for hydroxylation is 1. The van der Waals surface area contributed by atoms with Crippen molar-refractivity contribution >= 4 is 34.8 Å². The molecule has 0 spiro atoms. The van der Waals surface area contributed by atoms with Crippen LogP contribution in [-0.4, -0.2) is 42.8 Å². The third-order valence-corrected chi connectivity index (χ3v) is 3.99. The highest BCUT2D eigenvalue weighted by molar-refractivity contribution is 5.95. The van der Waals surface area contributed by atoms with Crippen LogP contribution in [-0.2, 0) is 20.8 Å². The molecule has 148 valence electrons. The van der Waals surface area contributed by atoms with Gasteiger partial charge in [-0.1, -0.05) is 25.1 Å². The second-order valence-electron chi connectivity index (χ2n) is 6.54. The number of benzene rings is 2. The van der Waals surface area contributed by atoms with Crippen molar-refractivity contribution in [3.8, 4) is 0 Å². The van der Waals surface area contributed by atoms with E-state index in [0.29, 0.717) is 11.4 Å². The van der Waals surface area contributed by atoms with Gasteiger partial charge in [0.1, 0.15) is 0 Å². The quantitative estimate of drug-likeness (QED) is 0.655. The summed E-state index contributed by atoms with van der Waals surface area (Å²) in [6.07, 6.45) is 0.829. The van der Waals surface area contributed by atoms with Gasteiger partial charge in [-0.2, -0.15) is 0 Å². The van der Waals surface area contributed by atoms with Gasteiger partial charge in [0.25, 0.3) is 0 Å². The summed E-state index contributed by atoms with van der Waals surface area (Å²) in [6, 6.07) is 14.5. The average Bonchev–Trinajstić information content (AvgIpc) is 2.63. The zero-order chi connectivity index (χ0) is 20.5. The van der Waals surface area contributed by atoms with E-state index in [0.717, 1.165) is 17.7 Å². The number of carbonyl (C=O) groups excluding carboxylic acids is 3. The Morgan fingerprint density at radius 2 is 1.36 bits per heavy atom. The van der Waals surface area contributed by atoms with Crippen LogP contribution >= 0.6 is 0 Å². The third kappa shape index (κ3) is 6.85. The minimum Gasteiger partial charge on any atom is -0.326 e. The van der Waals surface area contributed by atoms with Crippen molar-refractivity contribution in [2.24, 2.45) is 0 Å². The summed E-state index contributed by atoms with van der Waals surface area (Å²) >= 11 is 0. The molecule has 0 atom stereocenters. The van der Waals surface area contributed by atoms with E-state index in [4.69, 9.17) is 0 Å². The number of rotatable bonds is 8. The minimum absolute atomic E-state index is 0.0797. The normalized spacial score (nSPS) is 10.4. The predicted molar refractivity (Wildman–Crippen MR) is 111 cm³/mol. The molecule has 2 aromatic carbocycles. The zero-order valence-electron chi connectivity index (χ0n) is 16.4. The molecule has 2 rings (SSSR count). The van der Waals surface area contributed by atoms with Crippen molar-refractivity contribution in [3.05, 3.63) is 54.1 Å². The van der Waals surface area contributed by atoms with Crippen LogP contribution < -0.4 is 16.0 Å². The average molecular weight is 382 g/mol. The van der Waals surface area contributed by atoms with E-state index in [1.165, 1.54) is 6.92 Å². The van der Waals surface area contributed by atoms with Gasteiger partial charge in [-0.25, -0.2) is 0 Å². The topological polar surface area (TPSA) is 90.5 Å². The molecule has 0 saturated heterocycles. The summed E-state index contributed by atoms with van der Waals surface area (Å²) < 4.78 is 0. The van der Waals surface area contributed by atoms with Crippen LogP contribution in [0.15, 0.2) is 48.5 Å². The first-order valence-corrected chi connectivity index (χ1v) is 9.11. The molecule has 0 bridgehead atoms. The Bertz CT molecular complexity index is 834. The van der Waals surface area contributed by atoms with Crippen LogP contribution in [0.4, 0.5) is 17.1 Å². The SMILES string of the molecule is CCc1ccccc1NC(=O)CN(C)CC(=O)Nc1ccc(NC(C)=O)cc1. The number of carbonyl (C=O) groups is 3. The summed E-state index contributed by atoms with van der Waals surface area (Å²) in [5.41, 5.74) is 3.14. The Kier molecular flexibility index (Phi) is 7.71. The summed E-state index contributed by atoms with van der Waals surface area (Å²) in [7, 11) is 1.71. The number of hydrogen-bond acceptors (Lipinski definition) is 4. The number of hydrogen-bond donors (Lipinski definition) is 3. The Hall–Kier alpha value is -3.19. The summed E-state index contributed by atoms with van der Waals surface area (Å²) in [6.45, 7) is 3.65. The van der Waals surface area contributed by atoms with Crippen LogP contribution in [0.25, 0.3) is 0 Å². The van der Waals surface area contributed by atoms with Crippen molar-refractivity contribution in [1.29, 1.82) is 0 Å². The Labute approximate surface area is 165 Å². The molecule has 2 aromatic rings. The van der Waals surface area contributed by atoms with Gasteiger partial charge in [0.05, 0.1) is 13.1 Å². The van der Waals surface area contributed by atoms with Crippen LogP contribution in [0.3, 0.4) is 0 Å². The molecule has 7 heteroatoms. The van der Waals surface area contributed by atoms with Gasteiger partial charge < -0.3 is 16.0 Å². The number of para-hydroxylation sites is 1. The lowest BCUT2D eigenvalue weighted by atomic mass is 10.1. The first-order chi connectivity index (χ1) is 13.4. The minimum atomic E-state index is -0.225. The molecule has 0 fully saturated rings. The number of nitrogens with one attached hydrogen (secondary N) is 3. The first kappa shape index (κ1) is 21.1. The molecule has 0 aliphatic heterocycles. The fourth-order valence-corrected chi connectivity index (χ4v) is 2.73. The van der Waals surface area contributed by atoms with Crippen LogP contribution in [0.2, 0.25) is 0 Å². The number of nitrogens with zero attached hydrogens (tertiary/aromatic N) is 1. The number of likely N-dealkylation sites (N-methyl/N-ethyl adjacent to an activating group) is 1. The molecule has 0 heterocycles. The molecule has 0 saturated carbocycles. The molecular formula is C21H26N4O3. The lowest BCUT2D eigenvalue weighted by molar-refractivity contribution is -0.119. The predicted octanol–water partition coefficient (Wildman–Crippen LogP) is 2.72. The van der Waals surface area contributed by atoms with E-state index in [2.05, 4.69) is 16.0 Å². The van der Waals surface area contributed by atoms with Crippen molar-refractivity contribution in [3.63, 3.8) is 0 Å². The maximum Gasteiger partial charge on any atom is 0.238 e. The maximum absolute atomic E-state index is 12.2. The molecule has 7 nitrogen and oxygen atoms in total. The molecule has 28 heavy (non-hydrogen) atoms. The molecule has 0 unspecified atom stereocenters. The molecular weight excluding hydrogens is 356 g/mol. The molecule has 0 radical (unpaired) electrons. The zero-order valence-corrected chi connectivity index (χ0v) is 16.4. The van der Waals surface area contributed by atoms with Gasteiger partial charge in [0, 0.05) is 24.0 Å². The van der Waals surface area contributed by atoms with Crippen LogP contribution in [0, 0.1) is 0 Å². The van der Waals surface area contributed by atoms with E-state index in [-0.39, 0.29) is 30.8 Å². The highest BCUT2D eigenvalue weighted by Gasteiger charge is 2.12. The summed E-state index contributed by atoms with van der Waals surface area (Å²) in [5.74, 6) is -0.550. The van der Waals surface area contributed by atoms with Gasteiger partial charge in [-0.3, -0.25) is 19.3 Å². The molecule has 0 aromatic heterocycles. The van der Waals surface area contributed by atoms with E-state index in [1.54, 1.807) is 36.2 Å². The second kappa shape index (κ2) is 10.2. The first-order valence-electron chi connectivity index (χ1n) is 9.11. The largest absolute Gasteiger partial charge is 0.326 e. The molecule has 0 aliphatic carbocycles.